The van der Waals surface area contributed by atoms with E-state index in [1.54, 1.807) is 23.9 Å². The van der Waals surface area contributed by atoms with Crippen molar-refractivity contribution in [3.63, 3.8) is 0 Å². The van der Waals surface area contributed by atoms with Crippen LogP contribution in [0, 0.1) is 0 Å². The van der Waals surface area contributed by atoms with Gasteiger partial charge in [-0.05, 0) is 48.9 Å². The summed E-state index contributed by atoms with van der Waals surface area (Å²) in [5, 5.41) is 31.3. The summed E-state index contributed by atoms with van der Waals surface area (Å²) < 4.78 is 13.0. The lowest BCUT2D eigenvalue weighted by atomic mass is 10.0. The minimum absolute atomic E-state index is 0.506. The SMILES string of the molecule is C[C@@H](O)[C@H](Nc1ccc2c(Nc3cccc(-c4ccc5c(c4)OCCO5)c3Cl)nn(C)c2c1)C(=O)O. The first-order chi connectivity index (χ1) is 17.3. The second-order valence-corrected chi connectivity index (χ2v) is 8.93. The zero-order chi connectivity index (χ0) is 25.4. The van der Waals surface area contributed by atoms with E-state index in [0.717, 1.165) is 22.0 Å². The average Bonchev–Trinajstić information content (AvgIpc) is 3.17. The summed E-state index contributed by atoms with van der Waals surface area (Å²) in [7, 11) is 1.80. The summed E-state index contributed by atoms with van der Waals surface area (Å²) in [6, 6.07) is 15.7. The van der Waals surface area contributed by atoms with E-state index < -0.39 is 18.1 Å². The van der Waals surface area contributed by atoms with Gasteiger partial charge in [0.25, 0.3) is 0 Å². The van der Waals surface area contributed by atoms with E-state index >= 15 is 0 Å². The monoisotopic (exact) mass is 508 g/mol. The highest BCUT2D eigenvalue weighted by Crippen LogP contribution is 2.40. The third kappa shape index (κ3) is 4.50. The molecular weight excluding hydrogens is 484 g/mol. The molecule has 1 aromatic heterocycles. The minimum Gasteiger partial charge on any atom is -0.486 e. The first-order valence-electron chi connectivity index (χ1n) is 11.4. The molecular formula is C26H25ClN4O5. The molecule has 0 unspecified atom stereocenters. The molecule has 0 spiro atoms. The molecule has 10 heteroatoms. The zero-order valence-electron chi connectivity index (χ0n) is 19.7. The number of hydrogen-bond acceptors (Lipinski definition) is 7. The molecule has 0 saturated heterocycles. The van der Waals surface area contributed by atoms with Crippen LogP contribution in [0.4, 0.5) is 17.2 Å². The van der Waals surface area contributed by atoms with E-state index in [-0.39, 0.29) is 0 Å². The zero-order valence-corrected chi connectivity index (χ0v) is 20.4. The number of anilines is 3. The molecule has 186 valence electrons. The number of rotatable bonds is 7. The number of aliphatic carboxylic acids is 1. The fraction of sp³-hybridized carbons (Fsp3) is 0.231. The van der Waals surface area contributed by atoms with Crippen molar-refractivity contribution in [2.75, 3.05) is 23.8 Å². The average molecular weight is 509 g/mol. The molecule has 0 radical (unpaired) electrons. The van der Waals surface area contributed by atoms with Crippen LogP contribution >= 0.6 is 11.6 Å². The van der Waals surface area contributed by atoms with Crippen LogP contribution in [0.15, 0.2) is 54.6 Å². The van der Waals surface area contributed by atoms with Gasteiger partial charge in [-0.2, -0.15) is 5.10 Å². The van der Waals surface area contributed by atoms with Crippen LogP contribution in [0.5, 0.6) is 11.5 Å². The standard InChI is InChI=1S/C26H25ClN4O5/c1-14(32)24(26(33)34)28-16-7-8-18-20(13-16)31(2)30-25(18)29-19-5-3-4-17(23(19)27)15-6-9-21-22(12-15)36-11-10-35-21/h3-9,12-14,24,28,32H,10-11H2,1-2H3,(H,29,30)(H,33,34)/t14-,24+/m1/s1. The van der Waals surface area contributed by atoms with Gasteiger partial charge in [-0.1, -0.05) is 29.8 Å². The molecule has 4 N–H and O–H groups in total. The second kappa shape index (κ2) is 9.60. The molecule has 1 aliphatic rings. The van der Waals surface area contributed by atoms with Gasteiger partial charge in [-0.3, -0.25) is 4.68 Å². The van der Waals surface area contributed by atoms with Crippen molar-refractivity contribution in [3.05, 3.63) is 59.6 Å². The van der Waals surface area contributed by atoms with E-state index in [1.807, 2.05) is 42.5 Å². The Morgan fingerprint density at radius 1 is 1.11 bits per heavy atom. The van der Waals surface area contributed by atoms with Crippen molar-refractivity contribution in [3.8, 4) is 22.6 Å². The van der Waals surface area contributed by atoms with Crippen molar-refractivity contribution >= 4 is 45.7 Å². The van der Waals surface area contributed by atoms with Gasteiger partial charge in [0.05, 0.1) is 22.3 Å². The molecule has 3 aromatic carbocycles. The van der Waals surface area contributed by atoms with Crippen molar-refractivity contribution in [2.24, 2.45) is 7.05 Å². The first kappa shape index (κ1) is 23.8. The number of hydrogen-bond donors (Lipinski definition) is 4. The van der Waals surface area contributed by atoms with E-state index in [9.17, 15) is 15.0 Å². The Labute approximate surface area is 212 Å². The molecule has 0 aliphatic carbocycles. The molecule has 36 heavy (non-hydrogen) atoms. The number of aliphatic hydroxyl groups excluding tert-OH is 1. The van der Waals surface area contributed by atoms with Crippen LogP contribution in [-0.2, 0) is 11.8 Å². The Hall–Kier alpha value is -3.95. The summed E-state index contributed by atoms with van der Waals surface area (Å²) in [5.74, 6) is 0.872. The number of nitrogens with one attached hydrogen (secondary N) is 2. The Bertz CT molecular complexity index is 1450. The number of fused-ring (bicyclic) bond motifs is 2. The molecule has 4 aromatic rings. The normalized spacial score (nSPS) is 14.3. The molecule has 0 amide bonds. The minimum atomic E-state index is -1.13. The van der Waals surface area contributed by atoms with Gasteiger partial charge < -0.3 is 30.3 Å². The Morgan fingerprint density at radius 3 is 2.64 bits per heavy atom. The Kier molecular flexibility index (Phi) is 6.34. The van der Waals surface area contributed by atoms with E-state index in [2.05, 4.69) is 15.7 Å². The molecule has 2 heterocycles. The number of aliphatic hydroxyl groups is 1. The highest BCUT2D eigenvalue weighted by atomic mass is 35.5. The maximum Gasteiger partial charge on any atom is 0.328 e. The van der Waals surface area contributed by atoms with Crippen molar-refractivity contribution in [1.29, 1.82) is 0 Å². The van der Waals surface area contributed by atoms with Crippen LogP contribution in [0.3, 0.4) is 0 Å². The number of aromatic nitrogens is 2. The van der Waals surface area contributed by atoms with Crippen molar-refractivity contribution < 1.29 is 24.5 Å². The molecule has 0 saturated carbocycles. The first-order valence-corrected chi connectivity index (χ1v) is 11.8. The number of carboxylic acids is 1. The predicted octanol–water partition coefficient (Wildman–Crippen LogP) is 4.65. The summed E-state index contributed by atoms with van der Waals surface area (Å²) in [6.45, 7) is 2.47. The Balaban J connectivity index is 1.44. The third-order valence-electron chi connectivity index (χ3n) is 6.03. The number of ether oxygens (including phenoxy) is 2. The lowest BCUT2D eigenvalue weighted by Crippen LogP contribution is -2.38. The van der Waals surface area contributed by atoms with Gasteiger partial charge in [0.15, 0.2) is 23.4 Å². The summed E-state index contributed by atoms with van der Waals surface area (Å²) in [4.78, 5) is 11.4. The number of nitrogens with zero attached hydrogens (tertiary/aromatic N) is 2. The molecule has 1 aliphatic heterocycles. The fourth-order valence-corrected chi connectivity index (χ4v) is 4.48. The van der Waals surface area contributed by atoms with Gasteiger partial charge in [0.1, 0.15) is 13.2 Å². The van der Waals surface area contributed by atoms with E-state index in [4.69, 9.17) is 21.1 Å². The Morgan fingerprint density at radius 2 is 1.89 bits per heavy atom. The lowest BCUT2D eigenvalue weighted by Gasteiger charge is -2.19. The largest absolute Gasteiger partial charge is 0.486 e. The fourth-order valence-electron chi connectivity index (χ4n) is 4.20. The van der Waals surface area contributed by atoms with E-state index in [0.29, 0.717) is 46.9 Å². The van der Waals surface area contributed by atoms with Crippen LogP contribution in [0.1, 0.15) is 6.92 Å². The lowest BCUT2D eigenvalue weighted by molar-refractivity contribution is -0.140. The smallest absolute Gasteiger partial charge is 0.328 e. The van der Waals surface area contributed by atoms with Gasteiger partial charge in [0, 0.05) is 23.7 Å². The second-order valence-electron chi connectivity index (χ2n) is 8.56. The number of benzene rings is 3. The highest BCUT2D eigenvalue weighted by molar-refractivity contribution is 6.36. The van der Waals surface area contributed by atoms with Crippen LogP contribution < -0.4 is 20.1 Å². The summed E-state index contributed by atoms with van der Waals surface area (Å²) in [5.41, 5.74) is 3.76. The van der Waals surface area contributed by atoms with Gasteiger partial charge in [-0.15, -0.1) is 0 Å². The predicted molar refractivity (Wildman–Crippen MR) is 139 cm³/mol. The van der Waals surface area contributed by atoms with Gasteiger partial charge in [0.2, 0.25) is 0 Å². The maximum atomic E-state index is 11.4. The number of carboxylic acid groups (broad SMARTS) is 1. The quantitative estimate of drug-likeness (QED) is 0.285. The van der Waals surface area contributed by atoms with E-state index in [1.165, 1.54) is 6.92 Å². The molecule has 0 bridgehead atoms. The topological polar surface area (TPSA) is 118 Å². The van der Waals surface area contributed by atoms with Crippen LogP contribution in [-0.4, -0.2) is 51.3 Å². The summed E-state index contributed by atoms with van der Waals surface area (Å²) >= 11 is 6.82. The van der Waals surface area contributed by atoms with Gasteiger partial charge in [-0.25, -0.2) is 4.79 Å². The van der Waals surface area contributed by atoms with Crippen molar-refractivity contribution in [2.45, 2.75) is 19.1 Å². The number of aryl methyl sites for hydroxylation is 1. The van der Waals surface area contributed by atoms with Crippen molar-refractivity contribution in [1.82, 2.24) is 9.78 Å². The number of carbonyl (C=O) groups is 1. The van der Waals surface area contributed by atoms with Crippen LogP contribution in [0.25, 0.3) is 22.0 Å². The van der Waals surface area contributed by atoms with Crippen LogP contribution in [0.2, 0.25) is 5.02 Å². The maximum absolute atomic E-state index is 11.4. The highest BCUT2D eigenvalue weighted by Gasteiger charge is 2.23. The number of halogens is 1. The summed E-state index contributed by atoms with van der Waals surface area (Å²) in [6.07, 6.45) is -1.06. The van der Waals surface area contributed by atoms with Gasteiger partial charge >= 0.3 is 5.97 Å². The molecule has 9 nitrogen and oxygen atoms in total. The molecule has 0 fully saturated rings. The molecule has 2 atom stereocenters. The third-order valence-corrected chi connectivity index (χ3v) is 6.43. The molecule has 5 rings (SSSR count).